The van der Waals surface area contributed by atoms with Gasteiger partial charge in [0.2, 0.25) is 0 Å². The molecule has 2 aliphatic rings. The highest BCUT2D eigenvalue weighted by Crippen LogP contribution is 2.44. The number of fused-ring (bicyclic) bond motifs is 1. The molecule has 15 heavy (non-hydrogen) atoms. The first-order chi connectivity index (χ1) is 7.21. The topological polar surface area (TPSA) is 64.5 Å². The van der Waals surface area contributed by atoms with Crippen LogP contribution in [0.1, 0.15) is 18.1 Å². The van der Waals surface area contributed by atoms with Crippen LogP contribution in [0.2, 0.25) is 0 Å². The maximum Gasteiger partial charge on any atom is 0.117 e. The van der Waals surface area contributed by atoms with Crippen molar-refractivity contribution in [3.05, 3.63) is 23.8 Å². The first kappa shape index (κ1) is 9.00. The number of phenols is 1. The van der Waals surface area contributed by atoms with Crippen molar-refractivity contribution in [2.75, 3.05) is 18.4 Å². The number of anilines is 1. The van der Waals surface area contributed by atoms with Gasteiger partial charge in [0.1, 0.15) is 11.9 Å². The third kappa shape index (κ3) is 1.15. The van der Waals surface area contributed by atoms with Crippen LogP contribution in [-0.2, 0) is 0 Å². The molecule has 1 spiro atoms. The molecule has 4 heteroatoms. The molecular formula is C11H14N2O2. The minimum absolute atomic E-state index is 0.233. The Balaban J connectivity index is 2.04. The van der Waals surface area contributed by atoms with Gasteiger partial charge < -0.3 is 20.8 Å². The van der Waals surface area contributed by atoms with Crippen molar-refractivity contribution >= 4 is 5.69 Å². The molecular weight excluding hydrogens is 192 g/mol. The number of aliphatic hydroxyl groups is 1. The van der Waals surface area contributed by atoms with Crippen LogP contribution in [0.15, 0.2) is 18.2 Å². The fraction of sp³-hybridized carbons (Fsp3) is 0.455. The molecule has 2 heterocycles. The van der Waals surface area contributed by atoms with Crippen LogP contribution in [-0.4, -0.2) is 28.8 Å². The Labute approximate surface area is 87.9 Å². The molecule has 4 N–H and O–H groups in total. The third-order valence-corrected chi connectivity index (χ3v) is 3.43. The lowest BCUT2D eigenvalue weighted by atomic mass is 9.91. The number of phenolic OH excluding ortho intramolecular Hbond substituents is 1. The zero-order valence-corrected chi connectivity index (χ0v) is 8.33. The smallest absolute Gasteiger partial charge is 0.117 e. The van der Waals surface area contributed by atoms with E-state index in [1.165, 1.54) is 0 Å². The second-order valence-corrected chi connectivity index (χ2v) is 4.38. The summed E-state index contributed by atoms with van der Waals surface area (Å²) in [5, 5.41) is 26.2. The number of aliphatic hydroxyl groups excluding tert-OH is 1. The maximum absolute atomic E-state index is 10.2. The minimum atomic E-state index is -0.483. The van der Waals surface area contributed by atoms with Crippen molar-refractivity contribution in [1.29, 1.82) is 0 Å². The minimum Gasteiger partial charge on any atom is -0.508 e. The number of benzene rings is 1. The summed E-state index contributed by atoms with van der Waals surface area (Å²) in [4.78, 5) is 0. The lowest BCUT2D eigenvalue weighted by molar-refractivity contribution is 0.118. The van der Waals surface area contributed by atoms with Gasteiger partial charge in [0, 0.05) is 23.9 Å². The summed E-state index contributed by atoms with van der Waals surface area (Å²) >= 11 is 0. The van der Waals surface area contributed by atoms with Crippen molar-refractivity contribution in [1.82, 2.24) is 5.32 Å². The summed E-state index contributed by atoms with van der Waals surface area (Å²) in [7, 11) is 0. The van der Waals surface area contributed by atoms with Gasteiger partial charge in [-0.2, -0.15) is 0 Å². The summed E-state index contributed by atoms with van der Waals surface area (Å²) < 4.78 is 0. The largest absolute Gasteiger partial charge is 0.508 e. The Bertz CT molecular complexity index is 400. The van der Waals surface area contributed by atoms with Crippen LogP contribution in [0.5, 0.6) is 5.75 Å². The number of nitrogens with one attached hydrogen (secondary N) is 2. The van der Waals surface area contributed by atoms with Crippen LogP contribution in [0, 0.1) is 0 Å². The van der Waals surface area contributed by atoms with Gasteiger partial charge in [-0.25, -0.2) is 0 Å². The number of hydrogen-bond donors (Lipinski definition) is 4. The summed E-state index contributed by atoms with van der Waals surface area (Å²) in [5.74, 6) is 0.233. The van der Waals surface area contributed by atoms with Crippen LogP contribution in [0.3, 0.4) is 0 Å². The van der Waals surface area contributed by atoms with Crippen LogP contribution < -0.4 is 10.6 Å². The van der Waals surface area contributed by atoms with E-state index in [9.17, 15) is 10.2 Å². The molecule has 0 aliphatic carbocycles. The maximum atomic E-state index is 10.2. The predicted octanol–water partition coefficient (Wildman–Crippen LogP) is 0.583. The average molecular weight is 206 g/mol. The highest BCUT2D eigenvalue weighted by atomic mass is 16.3. The van der Waals surface area contributed by atoms with Crippen molar-refractivity contribution in [2.45, 2.75) is 18.1 Å². The quantitative estimate of drug-likeness (QED) is 0.501. The molecule has 80 valence electrons. The summed E-state index contributed by atoms with van der Waals surface area (Å²) in [6.07, 6.45) is 0.423. The SMILES string of the molecule is Oc1ccc2c(c1)NC1(CCNC1)C2O. The molecule has 4 nitrogen and oxygen atoms in total. The first-order valence-electron chi connectivity index (χ1n) is 5.21. The molecule has 2 atom stereocenters. The number of hydrogen-bond acceptors (Lipinski definition) is 4. The molecule has 1 aromatic rings. The van der Waals surface area contributed by atoms with Gasteiger partial charge in [0.05, 0.1) is 5.54 Å². The molecule has 3 rings (SSSR count). The van der Waals surface area contributed by atoms with Gasteiger partial charge in [0.15, 0.2) is 0 Å². The highest BCUT2D eigenvalue weighted by Gasteiger charge is 2.46. The summed E-state index contributed by atoms with van der Waals surface area (Å²) in [6.45, 7) is 1.69. The Kier molecular flexibility index (Phi) is 1.72. The Morgan fingerprint density at radius 2 is 2.27 bits per heavy atom. The van der Waals surface area contributed by atoms with E-state index in [1.807, 2.05) is 0 Å². The van der Waals surface area contributed by atoms with E-state index in [0.29, 0.717) is 0 Å². The monoisotopic (exact) mass is 206 g/mol. The van der Waals surface area contributed by atoms with E-state index >= 15 is 0 Å². The van der Waals surface area contributed by atoms with Gasteiger partial charge in [-0.3, -0.25) is 0 Å². The standard InChI is InChI=1S/C11H14N2O2/c14-7-1-2-8-9(5-7)13-11(10(8)15)3-4-12-6-11/h1-2,5,10,12-15H,3-4,6H2. The molecule has 1 saturated heterocycles. The normalized spacial score (nSPS) is 33.0. The molecule has 2 unspecified atom stereocenters. The number of aromatic hydroxyl groups is 1. The second-order valence-electron chi connectivity index (χ2n) is 4.38. The number of rotatable bonds is 0. The van der Waals surface area contributed by atoms with E-state index in [-0.39, 0.29) is 11.3 Å². The molecule has 0 aromatic heterocycles. The van der Waals surface area contributed by atoms with Crippen molar-refractivity contribution in [3.63, 3.8) is 0 Å². The van der Waals surface area contributed by atoms with Crippen LogP contribution in [0.25, 0.3) is 0 Å². The summed E-state index contributed by atoms with van der Waals surface area (Å²) in [5.41, 5.74) is 1.47. The van der Waals surface area contributed by atoms with Crippen molar-refractivity contribution in [2.24, 2.45) is 0 Å². The van der Waals surface area contributed by atoms with Gasteiger partial charge in [-0.15, -0.1) is 0 Å². The third-order valence-electron chi connectivity index (χ3n) is 3.43. The lowest BCUT2D eigenvalue weighted by Gasteiger charge is -2.27. The Morgan fingerprint density at radius 3 is 3.00 bits per heavy atom. The van der Waals surface area contributed by atoms with E-state index in [0.717, 1.165) is 30.8 Å². The zero-order chi connectivity index (χ0) is 10.5. The second kappa shape index (κ2) is 2.87. The van der Waals surface area contributed by atoms with Gasteiger partial charge in [-0.05, 0) is 19.0 Å². The highest BCUT2D eigenvalue weighted by molar-refractivity contribution is 5.63. The Hall–Kier alpha value is -1.26. The van der Waals surface area contributed by atoms with Gasteiger partial charge >= 0.3 is 0 Å². The van der Waals surface area contributed by atoms with E-state index in [2.05, 4.69) is 10.6 Å². The summed E-state index contributed by atoms with van der Waals surface area (Å²) in [6, 6.07) is 5.08. The van der Waals surface area contributed by atoms with Crippen molar-refractivity contribution < 1.29 is 10.2 Å². The van der Waals surface area contributed by atoms with Gasteiger partial charge in [0.25, 0.3) is 0 Å². The Morgan fingerprint density at radius 1 is 1.40 bits per heavy atom. The molecule has 1 fully saturated rings. The van der Waals surface area contributed by atoms with E-state index in [1.54, 1.807) is 18.2 Å². The van der Waals surface area contributed by atoms with Crippen LogP contribution >= 0.6 is 0 Å². The lowest BCUT2D eigenvalue weighted by Crippen LogP contribution is -2.41. The molecule has 0 amide bonds. The first-order valence-corrected chi connectivity index (χ1v) is 5.21. The van der Waals surface area contributed by atoms with Crippen molar-refractivity contribution in [3.8, 4) is 5.75 Å². The zero-order valence-electron chi connectivity index (χ0n) is 8.33. The fourth-order valence-electron chi connectivity index (χ4n) is 2.58. The molecule has 0 saturated carbocycles. The fourth-order valence-corrected chi connectivity index (χ4v) is 2.58. The molecule has 0 bridgehead atoms. The van der Waals surface area contributed by atoms with Gasteiger partial charge in [-0.1, -0.05) is 6.07 Å². The van der Waals surface area contributed by atoms with Crippen LogP contribution in [0.4, 0.5) is 5.69 Å². The van der Waals surface area contributed by atoms with E-state index in [4.69, 9.17) is 0 Å². The average Bonchev–Trinajstić information content (AvgIpc) is 2.76. The molecule has 1 aromatic carbocycles. The molecule has 2 aliphatic heterocycles. The predicted molar refractivity (Wildman–Crippen MR) is 56.9 cm³/mol. The van der Waals surface area contributed by atoms with E-state index < -0.39 is 6.10 Å². The molecule has 0 radical (unpaired) electrons.